The molecule has 6 heteroatoms. The zero-order valence-corrected chi connectivity index (χ0v) is 8.65. The minimum Gasteiger partial charge on any atom is -0.236 e. The lowest BCUT2D eigenvalue weighted by Gasteiger charge is -2.02. The summed E-state index contributed by atoms with van der Waals surface area (Å²) in [5, 5.41) is 13.6. The first-order valence-corrected chi connectivity index (χ1v) is 4.90. The second kappa shape index (κ2) is 3.64. The van der Waals surface area contributed by atoms with Crippen molar-refractivity contribution in [2.75, 3.05) is 0 Å². The topological polar surface area (TPSA) is 80.3 Å². The van der Waals surface area contributed by atoms with E-state index in [1.165, 1.54) is 17.3 Å². The highest BCUT2D eigenvalue weighted by Gasteiger charge is 2.07. The van der Waals surface area contributed by atoms with Gasteiger partial charge in [0.05, 0.1) is 5.52 Å². The van der Waals surface area contributed by atoms with Crippen molar-refractivity contribution < 1.29 is 0 Å². The third-order valence-corrected chi connectivity index (χ3v) is 2.33. The van der Waals surface area contributed by atoms with Gasteiger partial charge in [0, 0.05) is 5.39 Å². The monoisotopic (exact) mass is 222 g/mol. The van der Waals surface area contributed by atoms with Gasteiger partial charge in [-0.1, -0.05) is 12.1 Å². The molecule has 0 aliphatic carbocycles. The van der Waals surface area contributed by atoms with Gasteiger partial charge >= 0.3 is 0 Å². The second-order valence-electron chi connectivity index (χ2n) is 3.34. The third-order valence-electron chi connectivity index (χ3n) is 2.33. The van der Waals surface area contributed by atoms with Gasteiger partial charge < -0.3 is 0 Å². The van der Waals surface area contributed by atoms with E-state index in [0.717, 1.165) is 10.9 Å². The fourth-order valence-corrected chi connectivity index (χ4v) is 1.59. The molecule has 80 valence electrons. The molecule has 2 aromatic heterocycles. The van der Waals surface area contributed by atoms with Gasteiger partial charge in [0.15, 0.2) is 5.82 Å². The van der Waals surface area contributed by atoms with Crippen LogP contribution in [-0.4, -0.2) is 24.7 Å². The number of nitriles is 1. The zero-order chi connectivity index (χ0) is 11.7. The van der Waals surface area contributed by atoms with Crippen molar-refractivity contribution in [2.24, 2.45) is 0 Å². The highest BCUT2D eigenvalue weighted by molar-refractivity contribution is 5.84. The van der Waals surface area contributed by atoms with Gasteiger partial charge in [0.25, 0.3) is 5.82 Å². The van der Waals surface area contributed by atoms with Crippen LogP contribution in [0.1, 0.15) is 5.82 Å². The fraction of sp³-hybridized carbons (Fsp3) is 0. The van der Waals surface area contributed by atoms with Gasteiger partial charge in [-0.2, -0.15) is 5.26 Å². The van der Waals surface area contributed by atoms with E-state index in [1.807, 2.05) is 30.3 Å². The van der Waals surface area contributed by atoms with Crippen LogP contribution in [0.25, 0.3) is 16.7 Å². The molecule has 3 rings (SSSR count). The van der Waals surface area contributed by atoms with E-state index in [1.54, 1.807) is 0 Å². The van der Waals surface area contributed by atoms with Crippen LogP contribution >= 0.6 is 0 Å². The molecule has 0 aliphatic rings. The van der Waals surface area contributed by atoms with Crippen molar-refractivity contribution in [1.29, 1.82) is 5.26 Å². The lowest BCUT2D eigenvalue weighted by Crippen LogP contribution is -2.00. The van der Waals surface area contributed by atoms with E-state index < -0.39 is 0 Å². The summed E-state index contributed by atoms with van der Waals surface area (Å²) < 4.78 is 1.47. The number of hydrogen-bond acceptors (Lipinski definition) is 5. The maximum absolute atomic E-state index is 8.69. The summed E-state index contributed by atoms with van der Waals surface area (Å²) in [6, 6.07) is 9.48. The van der Waals surface area contributed by atoms with Crippen LogP contribution < -0.4 is 0 Å². The largest absolute Gasteiger partial charge is 0.252 e. The zero-order valence-electron chi connectivity index (χ0n) is 8.65. The molecular weight excluding hydrogens is 216 g/mol. The van der Waals surface area contributed by atoms with Crippen molar-refractivity contribution in [1.82, 2.24) is 24.7 Å². The summed E-state index contributed by atoms with van der Waals surface area (Å²) in [5.74, 6) is 0.734. The maximum atomic E-state index is 8.69. The molecule has 3 aromatic rings. The fourth-order valence-electron chi connectivity index (χ4n) is 1.59. The van der Waals surface area contributed by atoms with E-state index in [9.17, 15) is 0 Å². The predicted octanol–water partition coefficient (Wildman–Crippen LogP) is 1.08. The molecule has 0 bridgehead atoms. The SMILES string of the molecule is N#Cc1ncn(-c2ncnc3ccccc23)n1. The van der Waals surface area contributed by atoms with Gasteiger partial charge in [-0.05, 0) is 12.1 Å². The molecule has 0 amide bonds. The lowest BCUT2D eigenvalue weighted by atomic mass is 10.2. The Morgan fingerprint density at radius 2 is 2.00 bits per heavy atom. The number of fused-ring (bicyclic) bond motifs is 1. The van der Waals surface area contributed by atoms with E-state index in [0.29, 0.717) is 5.82 Å². The van der Waals surface area contributed by atoms with Gasteiger partial charge in [-0.25, -0.2) is 19.6 Å². The Kier molecular flexibility index (Phi) is 2.02. The van der Waals surface area contributed by atoms with Crippen LogP contribution in [0.15, 0.2) is 36.9 Å². The molecule has 17 heavy (non-hydrogen) atoms. The number of para-hydroxylation sites is 1. The molecule has 0 N–H and O–H groups in total. The van der Waals surface area contributed by atoms with Gasteiger partial charge in [-0.3, -0.25) is 0 Å². The number of nitrogens with zero attached hydrogens (tertiary/aromatic N) is 6. The minimum absolute atomic E-state index is 0.118. The smallest absolute Gasteiger partial charge is 0.236 e. The minimum atomic E-state index is 0.118. The van der Waals surface area contributed by atoms with Crippen LogP contribution in [0.5, 0.6) is 0 Å². The average molecular weight is 222 g/mol. The molecule has 1 aromatic carbocycles. The van der Waals surface area contributed by atoms with Gasteiger partial charge in [-0.15, -0.1) is 5.10 Å². The Hall–Kier alpha value is -2.81. The molecule has 0 aliphatic heterocycles. The normalized spacial score (nSPS) is 10.3. The Labute approximate surface area is 96.2 Å². The van der Waals surface area contributed by atoms with Crippen molar-refractivity contribution in [2.45, 2.75) is 0 Å². The number of hydrogen-bond donors (Lipinski definition) is 0. The first-order chi connectivity index (χ1) is 8.38. The van der Waals surface area contributed by atoms with Crippen LogP contribution in [0.2, 0.25) is 0 Å². The predicted molar refractivity (Wildman–Crippen MR) is 59.2 cm³/mol. The number of rotatable bonds is 1. The molecule has 0 fully saturated rings. The molecule has 0 unspecified atom stereocenters. The van der Waals surface area contributed by atoms with Crippen LogP contribution in [0, 0.1) is 11.3 Å². The summed E-state index contributed by atoms with van der Waals surface area (Å²) in [6.45, 7) is 0. The second-order valence-corrected chi connectivity index (χ2v) is 3.34. The van der Waals surface area contributed by atoms with Crippen LogP contribution in [0.3, 0.4) is 0 Å². The third kappa shape index (κ3) is 1.50. The highest BCUT2D eigenvalue weighted by atomic mass is 15.4. The van der Waals surface area contributed by atoms with Gasteiger partial charge in [0.2, 0.25) is 0 Å². The molecule has 0 saturated carbocycles. The molecule has 0 spiro atoms. The highest BCUT2D eigenvalue weighted by Crippen LogP contribution is 2.16. The summed E-state index contributed by atoms with van der Waals surface area (Å²) >= 11 is 0. The van der Waals surface area contributed by atoms with Crippen molar-refractivity contribution >= 4 is 10.9 Å². The van der Waals surface area contributed by atoms with Crippen LogP contribution in [0.4, 0.5) is 0 Å². The summed E-state index contributed by atoms with van der Waals surface area (Å²) in [4.78, 5) is 12.2. The molecule has 0 saturated heterocycles. The Balaban J connectivity index is 2.27. The Morgan fingerprint density at radius 3 is 2.82 bits per heavy atom. The maximum Gasteiger partial charge on any atom is 0.252 e. The Bertz CT molecular complexity index is 719. The lowest BCUT2D eigenvalue weighted by molar-refractivity contribution is 0.844. The van der Waals surface area contributed by atoms with Crippen LogP contribution in [-0.2, 0) is 0 Å². The first kappa shape index (κ1) is 9.42. The summed E-state index contributed by atoms with van der Waals surface area (Å²) in [6.07, 6.45) is 2.93. The number of benzene rings is 1. The van der Waals surface area contributed by atoms with E-state index >= 15 is 0 Å². The quantitative estimate of drug-likeness (QED) is 0.615. The number of aromatic nitrogens is 5. The van der Waals surface area contributed by atoms with Gasteiger partial charge in [0.1, 0.15) is 18.7 Å². The molecular formula is C11H6N6. The summed E-state index contributed by atoms with van der Waals surface area (Å²) in [5.41, 5.74) is 0.825. The van der Waals surface area contributed by atoms with E-state index in [2.05, 4.69) is 20.1 Å². The standard InChI is InChI=1S/C11H6N6/c12-5-10-15-7-17(16-10)11-8-3-1-2-4-9(8)13-6-14-11/h1-4,6-7H. The molecule has 2 heterocycles. The van der Waals surface area contributed by atoms with E-state index in [4.69, 9.17) is 5.26 Å². The first-order valence-electron chi connectivity index (χ1n) is 4.90. The average Bonchev–Trinajstić information content (AvgIpc) is 2.87. The molecule has 0 atom stereocenters. The van der Waals surface area contributed by atoms with Crippen molar-refractivity contribution in [3.63, 3.8) is 0 Å². The van der Waals surface area contributed by atoms with E-state index in [-0.39, 0.29) is 5.82 Å². The van der Waals surface area contributed by atoms with Crippen molar-refractivity contribution in [3.05, 3.63) is 42.7 Å². The summed E-state index contributed by atoms with van der Waals surface area (Å²) in [7, 11) is 0. The van der Waals surface area contributed by atoms with Crippen molar-refractivity contribution in [3.8, 4) is 11.9 Å². The Morgan fingerprint density at radius 1 is 1.12 bits per heavy atom. The molecule has 0 radical (unpaired) electrons. The molecule has 6 nitrogen and oxygen atoms in total.